The van der Waals surface area contributed by atoms with Gasteiger partial charge in [-0.1, -0.05) is 19.8 Å². The van der Waals surface area contributed by atoms with Crippen LogP contribution in [-0.2, 0) is 24.1 Å². The van der Waals surface area contributed by atoms with Gasteiger partial charge in [0.1, 0.15) is 12.4 Å². The van der Waals surface area contributed by atoms with Crippen molar-refractivity contribution in [3.05, 3.63) is 0 Å². The van der Waals surface area contributed by atoms with Crippen LogP contribution in [0.1, 0.15) is 32.6 Å². The van der Waals surface area contributed by atoms with E-state index in [1.165, 1.54) is 0 Å². The fraction of sp³-hybridized carbons (Fsp3) is 0.917. The Hall–Kier alpha value is -0.443. The molecule has 0 aliphatic rings. The second-order valence-electron chi connectivity index (χ2n) is 5.31. The molecule has 0 bridgehead atoms. The third-order valence-electron chi connectivity index (χ3n) is 3.54. The molecule has 0 aliphatic heterocycles. The van der Waals surface area contributed by atoms with Gasteiger partial charge in [0, 0.05) is 13.5 Å². The van der Waals surface area contributed by atoms with Gasteiger partial charge >= 0.3 is 5.97 Å². The van der Waals surface area contributed by atoms with E-state index in [9.17, 15) is 13.2 Å². The summed E-state index contributed by atoms with van der Waals surface area (Å²) in [5.74, 6) is -0.986. The maximum absolute atomic E-state index is 11.4. The number of rotatable bonds is 10. The molecule has 0 aromatic heterocycles. The first kappa shape index (κ1) is 19.6. The van der Waals surface area contributed by atoms with Gasteiger partial charge in [-0.25, -0.2) is 0 Å². The van der Waals surface area contributed by atoms with Gasteiger partial charge in [-0.2, -0.15) is 8.42 Å². The minimum absolute atomic E-state index is 0.260. The Morgan fingerprint density at radius 3 is 2.40 bits per heavy atom. The number of esters is 1. The molecule has 0 amide bonds. The third kappa shape index (κ3) is 8.67. The molecular formula is C12H26O6SSi. The first-order chi connectivity index (χ1) is 9.12. The highest BCUT2D eigenvalue weighted by Gasteiger charge is 2.30. The molecule has 20 heavy (non-hydrogen) atoms. The van der Waals surface area contributed by atoms with Gasteiger partial charge < -0.3 is 9.16 Å². The summed E-state index contributed by atoms with van der Waals surface area (Å²) in [6, 6.07) is 0. The van der Waals surface area contributed by atoms with E-state index in [-0.39, 0.29) is 13.0 Å². The van der Waals surface area contributed by atoms with Gasteiger partial charge in [0.15, 0.2) is 8.32 Å². The summed E-state index contributed by atoms with van der Waals surface area (Å²) in [7, 11) is -4.03. The molecule has 0 rings (SSSR count). The molecule has 1 unspecified atom stereocenters. The van der Waals surface area contributed by atoms with Crippen molar-refractivity contribution in [1.82, 2.24) is 0 Å². The third-order valence-corrected chi connectivity index (χ3v) is 7.94. The lowest BCUT2D eigenvalue weighted by molar-refractivity contribution is -0.143. The Morgan fingerprint density at radius 1 is 1.35 bits per heavy atom. The average molecular weight is 326 g/mol. The first-order valence-corrected chi connectivity index (χ1v) is 11.4. The van der Waals surface area contributed by atoms with Crippen molar-refractivity contribution in [2.75, 3.05) is 19.5 Å². The summed E-state index contributed by atoms with van der Waals surface area (Å²) in [5, 5.41) is 0. The van der Waals surface area contributed by atoms with Crippen LogP contribution in [0, 0.1) is 0 Å². The van der Waals surface area contributed by atoms with E-state index in [1.54, 1.807) is 7.11 Å². The number of hydrogen-bond donors (Lipinski definition) is 1. The van der Waals surface area contributed by atoms with Crippen LogP contribution in [0.3, 0.4) is 0 Å². The lowest BCUT2D eigenvalue weighted by Crippen LogP contribution is -2.35. The largest absolute Gasteiger partial charge is 0.464 e. The highest BCUT2D eigenvalue weighted by Crippen LogP contribution is 2.31. The zero-order chi connectivity index (χ0) is 15.8. The van der Waals surface area contributed by atoms with Gasteiger partial charge in [-0.15, -0.1) is 0 Å². The van der Waals surface area contributed by atoms with Gasteiger partial charge in [0.2, 0.25) is 0 Å². The lowest BCUT2D eigenvalue weighted by atomic mass is 10.1. The number of hydrogen-bond acceptors (Lipinski definition) is 5. The van der Waals surface area contributed by atoms with Crippen LogP contribution in [0.15, 0.2) is 0 Å². The molecule has 0 radical (unpaired) electrons. The van der Waals surface area contributed by atoms with E-state index < -0.39 is 30.2 Å². The van der Waals surface area contributed by atoms with Crippen molar-refractivity contribution in [2.45, 2.75) is 51.2 Å². The molecule has 0 aromatic carbocycles. The Balaban J connectivity index is 3.96. The maximum atomic E-state index is 11.4. The number of carbonyl (C=O) groups excluding carboxylic acids is 1. The Bertz CT molecular complexity index is 393. The fourth-order valence-electron chi connectivity index (χ4n) is 2.04. The maximum Gasteiger partial charge on any atom is 0.305 e. The van der Waals surface area contributed by atoms with Crippen LogP contribution in [0.25, 0.3) is 0 Å². The van der Waals surface area contributed by atoms with Crippen molar-refractivity contribution in [1.29, 1.82) is 0 Å². The second kappa shape index (κ2) is 8.76. The standard InChI is InChI=1S/C12H26O6SSi/c1-5-11(20(3,4)17-2)7-6-8-12(13)18-9-10-19(14,15)16/h11H,5-10H2,1-4H3,(H,14,15,16). The Kier molecular flexibility index (Phi) is 8.56. The van der Waals surface area contributed by atoms with Crippen LogP contribution in [0.2, 0.25) is 18.6 Å². The minimum atomic E-state index is -4.07. The molecule has 0 fully saturated rings. The van der Waals surface area contributed by atoms with Crippen LogP contribution in [-0.4, -0.2) is 46.7 Å². The molecule has 1 atom stereocenters. The molecular weight excluding hydrogens is 300 g/mol. The molecule has 0 saturated heterocycles. The molecule has 0 saturated carbocycles. The van der Waals surface area contributed by atoms with Gasteiger partial charge in [0.05, 0.1) is 0 Å². The lowest BCUT2D eigenvalue weighted by Gasteiger charge is -2.29. The molecule has 0 aromatic rings. The Labute approximate surface area is 122 Å². The van der Waals surface area contributed by atoms with E-state index in [0.29, 0.717) is 12.0 Å². The first-order valence-electron chi connectivity index (χ1n) is 6.78. The average Bonchev–Trinajstić information content (AvgIpc) is 2.32. The summed E-state index contributed by atoms with van der Waals surface area (Å²) in [5.41, 5.74) is 0.484. The molecule has 8 heteroatoms. The molecule has 0 aliphatic carbocycles. The van der Waals surface area contributed by atoms with Crippen molar-refractivity contribution in [3.8, 4) is 0 Å². The van der Waals surface area contributed by atoms with Gasteiger partial charge in [-0.05, 0) is 25.1 Å². The molecule has 1 N–H and O–H groups in total. The Morgan fingerprint density at radius 2 is 1.95 bits per heavy atom. The summed E-state index contributed by atoms with van der Waals surface area (Å²) < 4.78 is 39.7. The van der Waals surface area contributed by atoms with Crippen LogP contribution in [0.5, 0.6) is 0 Å². The zero-order valence-corrected chi connectivity index (χ0v) is 14.5. The van der Waals surface area contributed by atoms with E-state index in [1.807, 2.05) is 0 Å². The van der Waals surface area contributed by atoms with Crippen molar-refractivity contribution in [3.63, 3.8) is 0 Å². The van der Waals surface area contributed by atoms with Crippen molar-refractivity contribution in [2.24, 2.45) is 0 Å². The fourth-order valence-corrected chi connectivity index (χ4v) is 4.55. The summed E-state index contributed by atoms with van der Waals surface area (Å²) in [6.45, 7) is 6.13. The zero-order valence-electron chi connectivity index (χ0n) is 12.7. The summed E-state index contributed by atoms with van der Waals surface area (Å²) >= 11 is 0. The van der Waals surface area contributed by atoms with Crippen LogP contribution >= 0.6 is 0 Å². The predicted octanol–water partition coefficient (Wildman–Crippen LogP) is 2.22. The van der Waals surface area contributed by atoms with E-state index >= 15 is 0 Å². The number of carbonyl (C=O) groups is 1. The SMILES string of the molecule is CCC(CCCC(=O)OCCS(=O)(=O)O)[Si](C)(C)OC. The van der Waals surface area contributed by atoms with Gasteiger partial charge in [-0.3, -0.25) is 9.35 Å². The molecule has 6 nitrogen and oxygen atoms in total. The topological polar surface area (TPSA) is 89.9 Å². The van der Waals surface area contributed by atoms with Crippen LogP contribution < -0.4 is 0 Å². The normalized spacial score (nSPS) is 14.1. The molecule has 120 valence electrons. The van der Waals surface area contributed by atoms with Crippen LogP contribution in [0.4, 0.5) is 0 Å². The highest BCUT2D eigenvalue weighted by atomic mass is 32.2. The predicted molar refractivity (Wildman–Crippen MR) is 79.8 cm³/mol. The smallest absolute Gasteiger partial charge is 0.305 e. The van der Waals surface area contributed by atoms with E-state index in [2.05, 4.69) is 20.0 Å². The van der Waals surface area contributed by atoms with E-state index in [4.69, 9.17) is 13.7 Å². The molecule has 0 spiro atoms. The summed E-state index contributed by atoms with van der Waals surface area (Å²) in [4.78, 5) is 11.4. The quantitative estimate of drug-likeness (QED) is 0.376. The minimum Gasteiger partial charge on any atom is -0.464 e. The number of ether oxygens (including phenoxy) is 1. The van der Waals surface area contributed by atoms with E-state index in [0.717, 1.165) is 12.8 Å². The van der Waals surface area contributed by atoms with Crippen molar-refractivity contribution < 1.29 is 26.9 Å². The summed E-state index contributed by atoms with van der Waals surface area (Å²) in [6.07, 6.45) is 2.88. The highest BCUT2D eigenvalue weighted by molar-refractivity contribution is 7.85. The van der Waals surface area contributed by atoms with Crippen molar-refractivity contribution >= 4 is 24.4 Å². The monoisotopic (exact) mass is 326 g/mol. The molecule has 0 heterocycles. The second-order valence-corrected chi connectivity index (χ2v) is 11.3. The van der Waals surface area contributed by atoms with Gasteiger partial charge in [0.25, 0.3) is 10.1 Å².